The van der Waals surface area contributed by atoms with Crippen molar-refractivity contribution >= 4 is 25.7 Å². The smallest absolute Gasteiger partial charge is 0.472 e. The van der Waals surface area contributed by atoms with Crippen LogP contribution in [0.3, 0.4) is 0 Å². The Kier molecular flexibility index (Phi) is 43.2. The number of nitrogens with two attached hydrogens (primary N) is 1. The second-order valence-electron chi connectivity index (χ2n) is 16.6. The molecule has 0 aliphatic heterocycles. The van der Waals surface area contributed by atoms with Crippen LogP contribution in [0.4, 0.5) is 0 Å². The Morgan fingerprint density at radius 1 is 0.500 bits per heavy atom. The number of hydrogen-bond donors (Lipinski definition) is 3. The first-order chi connectivity index (χ1) is 30.1. The minimum atomic E-state index is -4.73. The van der Waals surface area contributed by atoms with Gasteiger partial charge in [0.2, 0.25) is 0 Å². The Labute approximate surface area is 377 Å². The van der Waals surface area contributed by atoms with E-state index in [9.17, 15) is 23.8 Å². The van der Waals surface area contributed by atoms with Gasteiger partial charge < -0.3 is 25.2 Å². The Morgan fingerprint density at radius 2 is 0.855 bits per heavy atom. The van der Waals surface area contributed by atoms with Crippen molar-refractivity contribution < 1.29 is 47.5 Å². The van der Waals surface area contributed by atoms with Gasteiger partial charge >= 0.3 is 25.7 Å². The lowest BCUT2D eigenvalue weighted by molar-refractivity contribution is -0.161. The van der Waals surface area contributed by atoms with Crippen molar-refractivity contribution in [2.24, 2.45) is 5.73 Å². The second kappa shape index (κ2) is 45.0. The van der Waals surface area contributed by atoms with E-state index >= 15 is 0 Å². The first kappa shape index (κ1) is 59.4. The van der Waals surface area contributed by atoms with E-state index in [1.54, 1.807) is 0 Å². The number of carbonyl (C=O) groups excluding carboxylic acids is 2. The summed E-state index contributed by atoms with van der Waals surface area (Å²) in [5.74, 6) is -2.41. The van der Waals surface area contributed by atoms with Crippen molar-refractivity contribution in [2.45, 2.75) is 231 Å². The standard InChI is InChI=1S/C50H90NO10P/c1-3-5-7-9-11-13-15-17-19-21-23-25-27-29-31-33-35-37-39-41-48(52)58-43-46(44-59-62(56,57)60-45-47(51)50(54)55)61-49(53)42-40-38-36-34-32-30-28-26-24-22-20-18-16-14-12-10-8-6-4-2/h11,13,17,19,23,25,29,31,46-47H,3-10,12,14-16,18,20-22,24,26-28,30,32-45,51H2,1-2H3,(H,54,55)(H,56,57)/b13-11-,19-17-,25-23-,31-29-/t46-,47+/m1/s1. The number of phosphoric acid groups is 1. The van der Waals surface area contributed by atoms with Crippen LogP contribution in [-0.2, 0) is 37.5 Å². The van der Waals surface area contributed by atoms with Crippen LogP contribution in [0.2, 0.25) is 0 Å². The SMILES string of the molecule is CCCCC/C=C\C/C=C\C/C=C\C/C=C\CCCCCC(=O)OC[C@H](COP(=O)(O)OC[C@H](N)C(=O)O)OC(=O)CCCCCCCCCCCCCCCCCCCCC. The predicted octanol–water partition coefficient (Wildman–Crippen LogP) is 13.7. The van der Waals surface area contributed by atoms with Gasteiger partial charge in [-0.1, -0.05) is 197 Å². The summed E-state index contributed by atoms with van der Waals surface area (Å²) in [6.07, 6.45) is 51.7. The van der Waals surface area contributed by atoms with Crippen molar-refractivity contribution in [1.29, 1.82) is 0 Å². The molecule has 11 nitrogen and oxygen atoms in total. The van der Waals surface area contributed by atoms with Gasteiger partial charge in [0.15, 0.2) is 6.10 Å². The molecule has 62 heavy (non-hydrogen) atoms. The van der Waals surface area contributed by atoms with Crippen LogP contribution in [0.15, 0.2) is 48.6 Å². The number of carboxylic acids is 1. The molecule has 0 saturated heterocycles. The highest BCUT2D eigenvalue weighted by Gasteiger charge is 2.28. The fourth-order valence-electron chi connectivity index (χ4n) is 6.70. The normalized spacial score (nSPS) is 14.0. The van der Waals surface area contributed by atoms with E-state index in [4.69, 9.17) is 24.8 Å². The number of hydrogen-bond acceptors (Lipinski definition) is 9. The van der Waals surface area contributed by atoms with Crippen LogP contribution < -0.4 is 5.73 Å². The summed E-state index contributed by atoms with van der Waals surface area (Å²) in [5, 5.41) is 8.91. The highest BCUT2D eigenvalue weighted by atomic mass is 31.2. The average molecular weight is 896 g/mol. The van der Waals surface area contributed by atoms with E-state index in [1.165, 1.54) is 122 Å². The fourth-order valence-corrected chi connectivity index (χ4v) is 7.47. The third-order valence-electron chi connectivity index (χ3n) is 10.6. The van der Waals surface area contributed by atoms with Crippen molar-refractivity contribution in [3.63, 3.8) is 0 Å². The van der Waals surface area contributed by atoms with Crippen molar-refractivity contribution in [3.05, 3.63) is 48.6 Å². The first-order valence-corrected chi connectivity index (χ1v) is 26.2. The molecule has 0 rings (SSSR count). The number of phosphoric ester groups is 1. The van der Waals surface area contributed by atoms with Crippen molar-refractivity contribution in [3.8, 4) is 0 Å². The van der Waals surface area contributed by atoms with Gasteiger partial charge in [-0.2, -0.15) is 0 Å². The molecule has 1 unspecified atom stereocenters. The number of aliphatic carboxylic acids is 1. The lowest BCUT2D eigenvalue weighted by Gasteiger charge is -2.20. The lowest BCUT2D eigenvalue weighted by Crippen LogP contribution is -2.34. The van der Waals surface area contributed by atoms with Crippen molar-refractivity contribution in [1.82, 2.24) is 0 Å². The molecule has 3 atom stereocenters. The van der Waals surface area contributed by atoms with E-state index in [2.05, 4.69) is 67.0 Å². The van der Waals surface area contributed by atoms with E-state index in [0.29, 0.717) is 12.8 Å². The van der Waals surface area contributed by atoms with Crippen LogP contribution in [0.25, 0.3) is 0 Å². The molecule has 0 aromatic heterocycles. The summed E-state index contributed by atoms with van der Waals surface area (Å²) >= 11 is 0. The number of esters is 2. The van der Waals surface area contributed by atoms with Crippen LogP contribution >= 0.6 is 7.82 Å². The van der Waals surface area contributed by atoms with Crippen LogP contribution in [0.5, 0.6) is 0 Å². The molecule has 0 aliphatic carbocycles. The fraction of sp³-hybridized carbons (Fsp3) is 0.780. The maximum Gasteiger partial charge on any atom is 0.472 e. The molecule has 12 heteroatoms. The summed E-state index contributed by atoms with van der Waals surface area (Å²) < 4.78 is 32.8. The van der Waals surface area contributed by atoms with E-state index in [-0.39, 0.29) is 19.4 Å². The van der Waals surface area contributed by atoms with Crippen LogP contribution in [0.1, 0.15) is 219 Å². The number of carbonyl (C=O) groups is 3. The van der Waals surface area contributed by atoms with E-state index < -0.39 is 51.1 Å². The van der Waals surface area contributed by atoms with Gasteiger partial charge in [-0.15, -0.1) is 0 Å². The Hall–Kier alpha value is -2.56. The molecule has 0 radical (unpaired) electrons. The minimum Gasteiger partial charge on any atom is -0.480 e. The highest BCUT2D eigenvalue weighted by molar-refractivity contribution is 7.47. The van der Waals surface area contributed by atoms with Crippen LogP contribution in [-0.4, -0.2) is 59.9 Å². The molecular formula is C50H90NO10P. The number of rotatable bonds is 46. The Balaban J connectivity index is 4.33. The molecule has 0 fully saturated rings. The van der Waals surface area contributed by atoms with Gasteiger partial charge in [0, 0.05) is 12.8 Å². The summed E-state index contributed by atoms with van der Waals surface area (Å²) in [7, 11) is -4.73. The third kappa shape index (κ3) is 44.1. The van der Waals surface area contributed by atoms with Crippen LogP contribution in [0, 0.1) is 0 Å². The largest absolute Gasteiger partial charge is 0.480 e. The van der Waals surface area contributed by atoms with E-state index in [1.807, 2.05) is 0 Å². The number of allylic oxidation sites excluding steroid dienone is 8. The van der Waals surface area contributed by atoms with Gasteiger partial charge in [-0.05, 0) is 57.8 Å². The number of carboxylic acid groups (broad SMARTS) is 1. The Morgan fingerprint density at radius 3 is 1.31 bits per heavy atom. The van der Waals surface area contributed by atoms with Gasteiger partial charge in [-0.3, -0.25) is 23.4 Å². The number of unbranched alkanes of at least 4 members (excludes halogenated alkanes) is 24. The zero-order valence-corrected chi connectivity index (χ0v) is 40.1. The molecule has 0 aromatic carbocycles. The third-order valence-corrected chi connectivity index (χ3v) is 11.5. The van der Waals surface area contributed by atoms with Gasteiger partial charge in [0.1, 0.15) is 12.6 Å². The Bertz CT molecular complexity index is 1240. The molecule has 0 aliphatic rings. The summed E-state index contributed by atoms with van der Waals surface area (Å²) in [6.45, 7) is 2.77. The molecule has 360 valence electrons. The van der Waals surface area contributed by atoms with Gasteiger partial charge in [0.25, 0.3) is 0 Å². The summed E-state index contributed by atoms with van der Waals surface area (Å²) in [6, 6.07) is -1.53. The molecular weight excluding hydrogens is 806 g/mol. The zero-order chi connectivity index (χ0) is 45.6. The zero-order valence-electron chi connectivity index (χ0n) is 39.2. The molecule has 0 amide bonds. The minimum absolute atomic E-state index is 0.156. The second-order valence-corrected chi connectivity index (χ2v) is 18.1. The predicted molar refractivity (Wildman–Crippen MR) is 254 cm³/mol. The maximum absolute atomic E-state index is 12.7. The molecule has 0 heterocycles. The molecule has 0 spiro atoms. The lowest BCUT2D eigenvalue weighted by atomic mass is 10.0. The molecule has 0 aromatic rings. The van der Waals surface area contributed by atoms with E-state index in [0.717, 1.165) is 57.8 Å². The maximum atomic E-state index is 12.7. The number of ether oxygens (including phenoxy) is 2. The average Bonchev–Trinajstić information content (AvgIpc) is 3.25. The molecule has 0 saturated carbocycles. The first-order valence-electron chi connectivity index (χ1n) is 24.7. The summed E-state index contributed by atoms with van der Waals surface area (Å²) in [5.41, 5.74) is 5.35. The molecule has 4 N–H and O–H groups in total. The van der Waals surface area contributed by atoms with Gasteiger partial charge in [0.05, 0.1) is 13.2 Å². The quantitative estimate of drug-likeness (QED) is 0.0230. The molecule has 0 bridgehead atoms. The topological polar surface area (TPSA) is 172 Å². The highest BCUT2D eigenvalue weighted by Crippen LogP contribution is 2.43. The van der Waals surface area contributed by atoms with Gasteiger partial charge in [-0.25, -0.2) is 4.57 Å². The monoisotopic (exact) mass is 896 g/mol. The summed E-state index contributed by atoms with van der Waals surface area (Å²) in [4.78, 5) is 46.1. The van der Waals surface area contributed by atoms with Crippen molar-refractivity contribution in [2.75, 3.05) is 19.8 Å².